The van der Waals surface area contributed by atoms with E-state index in [1.807, 2.05) is 37.3 Å². The van der Waals surface area contributed by atoms with E-state index in [1.54, 1.807) is 6.08 Å². The maximum Gasteiger partial charge on any atom is 0.472 e. The first-order valence-electron chi connectivity index (χ1n) is 20.7. The Bertz CT molecular complexity index is 1320. The molecule has 58 heavy (non-hydrogen) atoms. The first-order chi connectivity index (χ1) is 27.8. The summed E-state index contributed by atoms with van der Waals surface area (Å²) in [5.74, 6) is -1.14. The Kier molecular flexibility index (Phi) is 35.9. The molecule has 0 fully saturated rings. The van der Waals surface area contributed by atoms with Gasteiger partial charge in [0.15, 0.2) is 6.10 Å². The number of esters is 2. The SMILES string of the molecule is CC/C=C/CC(O)/C=C/C=C/CCCCCCCC(=O)O[C@H](COC(=O)CCCC/C=C\C/C=C\C/C=C\CCCCC)COP(=O)(O)OC[C@@H](O)COP(=O)(O)O. The van der Waals surface area contributed by atoms with Gasteiger partial charge >= 0.3 is 27.6 Å². The Morgan fingerprint density at radius 2 is 1.14 bits per heavy atom. The second kappa shape index (κ2) is 37.5. The smallest absolute Gasteiger partial charge is 0.462 e. The fraction of sp³-hybridized carbons (Fsp3) is 0.667. The minimum atomic E-state index is -4.88. The summed E-state index contributed by atoms with van der Waals surface area (Å²) in [6.45, 7) is 1.41. The van der Waals surface area contributed by atoms with Crippen LogP contribution in [-0.2, 0) is 41.8 Å². The summed E-state index contributed by atoms with van der Waals surface area (Å²) in [7, 11) is -9.71. The van der Waals surface area contributed by atoms with Gasteiger partial charge < -0.3 is 34.4 Å². The van der Waals surface area contributed by atoms with Gasteiger partial charge in [0, 0.05) is 12.8 Å². The first kappa shape index (κ1) is 55.5. The van der Waals surface area contributed by atoms with E-state index in [4.69, 9.17) is 23.8 Å². The maximum atomic E-state index is 12.6. The van der Waals surface area contributed by atoms with E-state index in [0.717, 1.165) is 70.6 Å². The highest BCUT2D eigenvalue weighted by atomic mass is 31.2. The molecule has 0 aromatic rings. The van der Waals surface area contributed by atoms with E-state index in [1.165, 1.54) is 19.3 Å². The van der Waals surface area contributed by atoms with Crippen LogP contribution in [0.1, 0.15) is 136 Å². The molecule has 0 aliphatic heterocycles. The van der Waals surface area contributed by atoms with Crippen molar-refractivity contribution in [3.63, 3.8) is 0 Å². The molecule has 0 aliphatic rings. The first-order valence-corrected chi connectivity index (χ1v) is 23.8. The third-order valence-electron chi connectivity index (χ3n) is 8.15. The lowest BCUT2D eigenvalue weighted by Crippen LogP contribution is -2.30. The zero-order chi connectivity index (χ0) is 43.2. The van der Waals surface area contributed by atoms with E-state index >= 15 is 0 Å². The number of hydrogen-bond acceptors (Lipinski definition) is 11. The van der Waals surface area contributed by atoms with Crippen LogP contribution < -0.4 is 0 Å². The maximum absolute atomic E-state index is 12.6. The van der Waals surface area contributed by atoms with Crippen molar-refractivity contribution in [2.24, 2.45) is 0 Å². The Morgan fingerprint density at radius 1 is 0.586 bits per heavy atom. The Labute approximate surface area is 347 Å². The van der Waals surface area contributed by atoms with Gasteiger partial charge in [-0.3, -0.25) is 23.2 Å². The number of allylic oxidation sites excluding steroid dienone is 10. The molecule has 0 amide bonds. The number of aliphatic hydroxyl groups is 2. The topological polar surface area (TPSA) is 216 Å². The van der Waals surface area contributed by atoms with Crippen molar-refractivity contribution in [1.29, 1.82) is 0 Å². The zero-order valence-corrected chi connectivity index (χ0v) is 36.5. The molecule has 0 spiro atoms. The van der Waals surface area contributed by atoms with Crippen molar-refractivity contribution in [2.45, 2.75) is 154 Å². The predicted octanol–water partition coefficient (Wildman–Crippen LogP) is 9.19. The fourth-order valence-electron chi connectivity index (χ4n) is 4.98. The molecule has 4 atom stereocenters. The number of aliphatic hydroxyl groups excluding tert-OH is 2. The molecule has 5 N–H and O–H groups in total. The summed E-state index contributed by atoms with van der Waals surface area (Å²) in [5, 5.41) is 19.6. The molecule has 334 valence electrons. The van der Waals surface area contributed by atoms with E-state index in [-0.39, 0.29) is 12.8 Å². The van der Waals surface area contributed by atoms with E-state index in [0.29, 0.717) is 19.3 Å². The number of unbranched alkanes of at least 4 members (excludes halogenated alkanes) is 10. The monoisotopic (exact) mass is 862 g/mol. The molecule has 0 saturated carbocycles. The fourth-order valence-corrected chi connectivity index (χ4v) is 6.13. The van der Waals surface area contributed by atoms with E-state index < -0.39 is 72.3 Å². The van der Waals surface area contributed by atoms with Gasteiger partial charge in [-0.2, -0.15) is 0 Å². The van der Waals surface area contributed by atoms with Gasteiger partial charge in [0.25, 0.3) is 0 Å². The molecule has 0 aromatic heterocycles. The Balaban J connectivity index is 4.69. The summed E-state index contributed by atoms with van der Waals surface area (Å²) in [5.41, 5.74) is 0. The minimum absolute atomic E-state index is 0.0729. The second-order valence-corrected chi connectivity index (χ2v) is 16.4. The van der Waals surface area contributed by atoms with Crippen molar-refractivity contribution < 1.29 is 66.7 Å². The molecule has 0 bridgehead atoms. The van der Waals surface area contributed by atoms with Gasteiger partial charge in [0.2, 0.25) is 0 Å². The molecule has 16 heteroatoms. The van der Waals surface area contributed by atoms with Crippen LogP contribution in [-0.4, -0.2) is 81.6 Å². The van der Waals surface area contributed by atoms with Gasteiger partial charge in [-0.25, -0.2) is 9.13 Å². The summed E-state index contributed by atoms with van der Waals surface area (Å²) in [4.78, 5) is 52.6. The standard InChI is InChI=1S/C42H72O14P2/c1-3-5-7-8-9-10-11-12-13-14-15-18-21-24-28-32-41(45)52-36-40(37-55-58(50,51)54-35-39(44)34-53-57(47,48)49)56-42(46)33-29-25-22-19-16-17-20-23-27-31-38(43)30-26-6-4-2/h6,9-10,12-13,15,18,20,23,26-27,31,38-40,43-44H,3-5,7-8,11,14,16-17,19,21-22,24-25,28-30,32-37H2,1-2H3,(H,50,51)(H2,47,48,49)/b10-9-,13-12-,18-15-,23-20+,26-6+,31-27+/t38?,39-,40+/m0/s1. The molecular weight excluding hydrogens is 790 g/mol. The van der Waals surface area contributed by atoms with Crippen LogP contribution in [0.2, 0.25) is 0 Å². The lowest BCUT2D eigenvalue weighted by molar-refractivity contribution is -0.161. The lowest BCUT2D eigenvalue weighted by Gasteiger charge is -2.20. The summed E-state index contributed by atoms with van der Waals surface area (Å²) in [6.07, 6.45) is 36.6. The molecule has 0 radical (unpaired) electrons. The van der Waals surface area contributed by atoms with Gasteiger partial charge in [-0.15, -0.1) is 0 Å². The van der Waals surface area contributed by atoms with Gasteiger partial charge in [-0.1, -0.05) is 119 Å². The Morgan fingerprint density at radius 3 is 1.81 bits per heavy atom. The average molecular weight is 863 g/mol. The molecule has 0 rings (SSSR count). The van der Waals surface area contributed by atoms with Gasteiger partial charge in [0.05, 0.1) is 25.9 Å². The van der Waals surface area contributed by atoms with Crippen LogP contribution in [0.25, 0.3) is 0 Å². The molecule has 0 aromatic carbocycles. The molecule has 0 aliphatic carbocycles. The molecule has 0 saturated heterocycles. The van der Waals surface area contributed by atoms with Crippen LogP contribution in [0.3, 0.4) is 0 Å². The van der Waals surface area contributed by atoms with Crippen molar-refractivity contribution in [3.8, 4) is 0 Å². The largest absolute Gasteiger partial charge is 0.472 e. The number of carbonyl (C=O) groups is 2. The van der Waals surface area contributed by atoms with Gasteiger partial charge in [0.1, 0.15) is 12.7 Å². The number of carbonyl (C=O) groups excluding carboxylic acids is 2. The quantitative estimate of drug-likeness (QED) is 0.0129. The van der Waals surface area contributed by atoms with Crippen LogP contribution in [0.5, 0.6) is 0 Å². The highest BCUT2D eigenvalue weighted by Crippen LogP contribution is 2.43. The highest BCUT2D eigenvalue weighted by molar-refractivity contribution is 7.47. The van der Waals surface area contributed by atoms with Crippen LogP contribution in [0.15, 0.2) is 72.9 Å². The second-order valence-electron chi connectivity index (χ2n) is 13.7. The van der Waals surface area contributed by atoms with Crippen molar-refractivity contribution in [2.75, 3.05) is 26.4 Å². The summed E-state index contributed by atoms with van der Waals surface area (Å²) in [6, 6.07) is 0. The highest BCUT2D eigenvalue weighted by Gasteiger charge is 2.28. The number of phosphoric acid groups is 2. The molecule has 14 nitrogen and oxygen atoms in total. The van der Waals surface area contributed by atoms with Crippen LogP contribution in [0.4, 0.5) is 0 Å². The average Bonchev–Trinajstić information content (AvgIpc) is 3.17. The Hall–Kier alpha value is -2.48. The van der Waals surface area contributed by atoms with E-state index in [2.05, 4.69) is 52.4 Å². The summed E-state index contributed by atoms with van der Waals surface area (Å²) >= 11 is 0. The lowest BCUT2D eigenvalue weighted by atomic mass is 10.1. The third kappa shape index (κ3) is 40.3. The van der Waals surface area contributed by atoms with E-state index in [9.17, 15) is 33.8 Å². The minimum Gasteiger partial charge on any atom is -0.462 e. The summed E-state index contributed by atoms with van der Waals surface area (Å²) < 4.78 is 47.6. The normalized spacial score (nSPS) is 15.4. The van der Waals surface area contributed by atoms with Gasteiger partial charge in [-0.05, 0) is 77.0 Å². The molecular formula is C42H72O14P2. The predicted molar refractivity (Wildman–Crippen MR) is 226 cm³/mol. The number of phosphoric ester groups is 2. The number of rotatable bonds is 38. The third-order valence-corrected chi connectivity index (χ3v) is 9.59. The zero-order valence-electron chi connectivity index (χ0n) is 34.7. The number of ether oxygens (including phenoxy) is 2. The van der Waals surface area contributed by atoms with Crippen molar-refractivity contribution in [3.05, 3.63) is 72.9 Å². The number of hydrogen-bond donors (Lipinski definition) is 5. The van der Waals surface area contributed by atoms with Crippen molar-refractivity contribution >= 4 is 27.6 Å². The molecule has 0 heterocycles. The van der Waals surface area contributed by atoms with Crippen LogP contribution >= 0.6 is 15.6 Å². The van der Waals surface area contributed by atoms with Crippen LogP contribution in [0, 0.1) is 0 Å². The molecule has 2 unspecified atom stereocenters. The van der Waals surface area contributed by atoms with Crippen molar-refractivity contribution in [1.82, 2.24) is 0 Å².